The van der Waals surface area contributed by atoms with Gasteiger partial charge in [0.05, 0.1) is 17.9 Å². The number of hydrogen-bond donors (Lipinski definition) is 1. The molecule has 6 heteroatoms. The Kier molecular flexibility index (Phi) is 3.46. The molecule has 1 aromatic carbocycles. The molecule has 1 unspecified atom stereocenters. The summed E-state index contributed by atoms with van der Waals surface area (Å²) in [6.45, 7) is 0. The van der Waals surface area contributed by atoms with Crippen molar-refractivity contribution in [1.29, 1.82) is 0 Å². The number of rotatable bonds is 2. The van der Waals surface area contributed by atoms with Gasteiger partial charge in [-0.3, -0.25) is 4.68 Å². The van der Waals surface area contributed by atoms with Crippen LogP contribution in [-0.4, -0.2) is 15.0 Å². The lowest BCUT2D eigenvalue weighted by molar-refractivity contribution is 0.650. The van der Waals surface area contributed by atoms with E-state index in [-0.39, 0.29) is 6.04 Å². The van der Waals surface area contributed by atoms with Crippen molar-refractivity contribution in [2.45, 2.75) is 6.04 Å². The standard InChI is InChI=1S/C10H10ClIN4/c1-16-9(5-14-15-16)10(13)7-4-6(11)2-3-8(7)12/h2-5,10H,13H2,1H3. The molecule has 84 valence electrons. The molecule has 0 saturated heterocycles. The third-order valence-corrected chi connectivity index (χ3v) is 3.58. The van der Waals surface area contributed by atoms with Gasteiger partial charge in [-0.25, -0.2) is 0 Å². The summed E-state index contributed by atoms with van der Waals surface area (Å²) >= 11 is 8.21. The monoisotopic (exact) mass is 348 g/mol. The van der Waals surface area contributed by atoms with E-state index in [1.807, 2.05) is 25.2 Å². The van der Waals surface area contributed by atoms with Crippen molar-refractivity contribution in [3.05, 3.63) is 44.2 Å². The normalized spacial score (nSPS) is 12.8. The molecule has 2 aromatic rings. The van der Waals surface area contributed by atoms with Gasteiger partial charge in [-0.1, -0.05) is 16.8 Å². The number of aromatic nitrogens is 3. The van der Waals surface area contributed by atoms with Crippen molar-refractivity contribution in [1.82, 2.24) is 15.0 Å². The van der Waals surface area contributed by atoms with Crippen molar-refractivity contribution in [2.75, 3.05) is 0 Å². The van der Waals surface area contributed by atoms with Gasteiger partial charge in [0.2, 0.25) is 0 Å². The van der Waals surface area contributed by atoms with Crippen molar-refractivity contribution in [3.8, 4) is 0 Å². The summed E-state index contributed by atoms with van der Waals surface area (Å²) in [4.78, 5) is 0. The van der Waals surface area contributed by atoms with Crippen LogP contribution < -0.4 is 5.73 Å². The van der Waals surface area contributed by atoms with E-state index in [9.17, 15) is 0 Å². The Hall–Kier alpha value is -0.660. The van der Waals surface area contributed by atoms with Crippen LogP contribution in [0.25, 0.3) is 0 Å². The van der Waals surface area contributed by atoms with Crippen molar-refractivity contribution in [3.63, 3.8) is 0 Å². The summed E-state index contributed by atoms with van der Waals surface area (Å²) in [5.41, 5.74) is 8.01. The molecule has 1 heterocycles. The van der Waals surface area contributed by atoms with E-state index in [4.69, 9.17) is 17.3 Å². The number of hydrogen-bond acceptors (Lipinski definition) is 3. The molecular weight excluding hydrogens is 338 g/mol. The smallest absolute Gasteiger partial charge is 0.0796 e. The topological polar surface area (TPSA) is 56.7 Å². The van der Waals surface area contributed by atoms with Crippen LogP contribution in [0.5, 0.6) is 0 Å². The lowest BCUT2D eigenvalue weighted by Gasteiger charge is -2.13. The van der Waals surface area contributed by atoms with Crippen LogP contribution in [0.4, 0.5) is 0 Å². The fraction of sp³-hybridized carbons (Fsp3) is 0.200. The van der Waals surface area contributed by atoms with Gasteiger partial charge < -0.3 is 5.73 Å². The zero-order valence-electron chi connectivity index (χ0n) is 8.56. The fourth-order valence-electron chi connectivity index (χ4n) is 1.49. The molecule has 0 aliphatic rings. The van der Waals surface area contributed by atoms with Gasteiger partial charge >= 0.3 is 0 Å². The van der Waals surface area contributed by atoms with Crippen LogP contribution in [0.2, 0.25) is 5.02 Å². The van der Waals surface area contributed by atoms with Gasteiger partial charge in [-0.05, 0) is 46.4 Å². The third kappa shape index (κ3) is 2.21. The summed E-state index contributed by atoms with van der Waals surface area (Å²) in [5.74, 6) is 0. The van der Waals surface area contributed by atoms with Gasteiger partial charge in [0.15, 0.2) is 0 Å². The molecule has 1 atom stereocenters. The van der Waals surface area contributed by atoms with E-state index in [1.165, 1.54) is 0 Å². The number of nitrogens with zero attached hydrogens (tertiary/aromatic N) is 3. The summed E-state index contributed by atoms with van der Waals surface area (Å²) in [5, 5.41) is 8.37. The Balaban J connectivity index is 2.45. The average Bonchev–Trinajstić information content (AvgIpc) is 2.67. The van der Waals surface area contributed by atoms with E-state index in [0.29, 0.717) is 5.02 Å². The molecule has 0 aliphatic carbocycles. The predicted molar refractivity (Wildman–Crippen MR) is 71.2 cm³/mol. The van der Waals surface area contributed by atoms with Gasteiger partial charge in [-0.2, -0.15) is 0 Å². The van der Waals surface area contributed by atoms with E-state index in [0.717, 1.165) is 14.8 Å². The number of aryl methyl sites for hydroxylation is 1. The molecule has 0 bridgehead atoms. The average molecular weight is 349 g/mol. The molecular formula is C10H10ClIN4. The maximum Gasteiger partial charge on any atom is 0.0796 e. The van der Waals surface area contributed by atoms with E-state index >= 15 is 0 Å². The highest BCUT2D eigenvalue weighted by Crippen LogP contribution is 2.26. The van der Waals surface area contributed by atoms with E-state index in [1.54, 1.807) is 10.9 Å². The first kappa shape index (κ1) is 11.8. The minimum Gasteiger partial charge on any atom is -0.319 e. The molecule has 0 amide bonds. The molecule has 1 aromatic heterocycles. The first-order valence-corrected chi connectivity index (χ1v) is 6.10. The SMILES string of the molecule is Cn1nncc1C(N)c1cc(Cl)ccc1I. The van der Waals surface area contributed by atoms with Crippen molar-refractivity contribution >= 4 is 34.2 Å². The summed E-state index contributed by atoms with van der Waals surface area (Å²) < 4.78 is 2.75. The molecule has 0 radical (unpaired) electrons. The maximum atomic E-state index is 6.17. The molecule has 0 spiro atoms. The Morgan fingerprint density at radius 1 is 1.50 bits per heavy atom. The van der Waals surface area contributed by atoms with Crippen LogP contribution >= 0.6 is 34.2 Å². The zero-order valence-corrected chi connectivity index (χ0v) is 11.5. The van der Waals surface area contributed by atoms with Crippen LogP contribution in [0.1, 0.15) is 17.3 Å². The molecule has 0 fully saturated rings. The third-order valence-electron chi connectivity index (χ3n) is 2.36. The summed E-state index contributed by atoms with van der Waals surface area (Å²) in [6.07, 6.45) is 1.67. The highest BCUT2D eigenvalue weighted by atomic mass is 127. The predicted octanol–water partition coefficient (Wildman–Crippen LogP) is 2.12. The van der Waals surface area contributed by atoms with Crippen molar-refractivity contribution < 1.29 is 0 Å². The Morgan fingerprint density at radius 2 is 2.25 bits per heavy atom. The van der Waals surface area contributed by atoms with Crippen molar-refractivity contribution in [2.24, 2.45) is 12.8 Å². The second-order valence-corrected chi connectivity index (χ2v) is 5.02. The van der Waals surface area contributed by atoms with Crippen LogP contribution in [0.3, 0.4) is 0 Å². The Labute approximate surface area is 112 Å². The Morgan fingerprint density at radius 3 is 2.88 bits per heavy atom. The maximum absolute atomic E-state index is 6.17. The number of nitrogens with two attached hydrogens (primary N) is 1. The highest BCUT2D eigenvalue weighted by molar-refractivity contribution is 14.1. The summed E-state index contributed by atoms with van der Waals surface area (Å²) in [6, 6.07) is 5.41. The second kappa shape index (κ2) is 4.68. The fourth-order valence-corrected chi connectivity index (χ4v) is 2.34. The quantitative estimate of drug-likeness (QED) is 0.846. The number of benzene rings is 1. The molecule has 16 heavy (non-hydrogen) atoms. The van der Waals surface area contributed by atoms with Gasteiger partial charge in [-0.15, -0.1) is 5.10 Å². The number of halogens is 2. The van der Waals surface area contributed by atoms with Gasteiger partial charge in [0.1, 0.15) is 0 Å². The molecule has 0 aliphatic heterocycles. The van der Waals surface area contributed by atoms with Gasteiger partial charge in [0.25, 0.3) is 0 Å². The first-order valence-electron chi connectivity index (χ1n) is 4.64. The van der Waals surface area contributed by atoms with E-state index in [2.05, 4.69) is 32.9 Å². The van der Waals surface area contributed by atoms with Gasteiger partial charge in [0, 0.05) is 15.6 Å². The first-order chi connectivity index (χ1) is 7.59. The van der Waals surface area contributed by atoms with Crippen LogP contribution in [0.15, 0.2) is 24.4 Å². The minimum atomic E-state index is -0.259. The highest BCUT2D eigenvalue weighted by Gasteiger charge is 2.16. The second-order valence-electron chi connectivity index (χ2n) is 3.43. The molecule has 4 nitrogen and oxygen atoms in total. The largest absolute Gasteiger partial charge is 0.319 e. The molecule has 0 saturated carbocycles. The molecule has 2 rings (SSSR count). The lowest BCUT2D eigenvalue weighted by atomic mass is 10.1. The lowest BCUT2D eigenvalue weighted by Crippen LogP contribution is -2.17. The minimum absolute atomic E-state index is 0.259. The Bertz CT molecular complexity index is 511. The molecule has 2 N–H and O–H groups in total. The van der Waals surface area contributed by atoms with E-state index < -0.39 is 0 Å². The zero-order chi connectivity index (χ0) is 11.7. The van der Waals surface area contributed by atoms with Crippen LogP contribution in [-0.2, 0) is 7.05 Å². The van der Waals surface area contributed by atoms with Crippen LogP contribution in [0, 0.1) is 3.57 Å². The summed E-state index contributed by atoms with van der Waals surface area (Å²) in [7, 11) is 1.82.